The zero-order valence-corrected chi connectivity index (χ0v) is 15.8. The molecule has 0 radical (unpaired) electrons. The van der Waals surface area contributed by atoms with Crippen LogP contribution in [0, 0.1) is 6.92 Å². The Morgan fingerprint density at radius 3 is 2.41 bits per heavy atom. The fourth-order valence-corrected chi connectivity index (χ4v) is 2.72. The zero-order valence-electron chi connectivity index (χ0n) is 15.8. The number of rotatable bonds is 6. The topological polar surface area (TPSA) is 62.2 Å². The molecule has 0 fully saturated rings. The summed E-state index contributed by atoms with van der Waals surface area (Å²) in [5, 5.41) is 0. The molecule has 0 spiro atoms. The largest absolute Gasteiger partial charge is 0.344 e. The van der Waals surface area contributed by atoms with Crippen molar-refractivity contribution in [3.05, 3.63) is 77.9 Å². The van der Waals surface area contributed by atoms with E-state index >= 15 is 0 Å². The third-order valence-electron chi connectivity index (χ3n) is 4.34. The summed E-state index contributed by atoms with van der Waals surface area (Å²) in [7, 11) is 3.69. The molecule has 3 aromatic rings. The molecular weight excluding hydrogens is 338 g/mol. The van der Waals surface area contributed by atoms with Crippen LogP contribution >= 0.6 is 0 Å². The number of anilines is 2. The predicted octanol–water partition coefficient (Wildman–Crippen LogP) is 3.14. The van der Waals surface area contributed by atoms with Crippen LogP contribution < -0.4 is 9.80 Å². The van der Waals surface area contributed by atoms with Crippen molar-refractivity contribution in [1.82, 2.24) is 15.0 Å². The number of para-hydroxylation sites is 1. The van der Waals surface area contributed by atoms with Crippen LogP contribution in [-0.4, -0.2) is 41.5 Å². The summed E-state index contributed by atoms with van der Waals surface area (Å²) in [4.78, 5) is 29.5. The first kappa shape index (κ1) is 18.5. The monoisotopic (exact) mass is 361 g/mol. The van der Waals surface area contributed by atoms with Gasteiger partial charge in [-0.05, 0) is 49.2 Å². The summed E-state index contributed by atoms with van der Waals surface area (Å²) in [6.45, 7) is 2.62. The normalized spacial score (nSPS) is 10.5. The molecule has 1 amide bonds. The number of hydrogen-bond acceptors (Lipinski definition) is 5. The van der Waals surface area contributed by atoms with Crippen LogP contribution in [0.4, 0.5) is 11.6 Å². The van der Waals surface area contributed by atoms with E-state index in [1.165, 1.54) is 5.56 Å². The Kier molecular flexibility index (Phi) is 5.76. The minimum atomic E-state index is -0.157. The van der Waals surface area contributed by atoms with Crippen LogP contribution in [0.2, 0.25) is 0 Å². The maximum absolute atomic E-state index is 12.9. The minimum absolute atomic E-state index is 0.157. The summed E-state index contributed by atoms with van der Waals surface area (Å²) in [5.41, 5.74) is 3.18. The van der Waals surface area contributed by atoms with Gasteiger partial charge in [0.1, 0.15) is 5.69 Å². The summed E-state index contributed by atoms with van der Waals surface area (Å²) >= 11 is 0. The number of benzene rings is 1. The Hall–Kier alpha value is -3.28. The zero-order chi connectivity index (χ0) is 19.2. The number of aryl methyl sites for hydroxylation is 1. The molecule has 0 saturated carbocycles. The van der Waals surface area contributed by atoms with Crippen LogP contribution in [-0.2, 0) is 6.42 Å². The van der Waals surface area contributed by atoms with E-state index in [-0.39, 0.29) is 5.91 Å². The SMILES string of the molecule is Cc1cc(C(=O)N(C)c2ccccc2)nc(N(C)CCc2ccncc2)n1. The highest BCUT2D eigenvalue weighted by molar-refractivity contribution is 6.04. The predicted molar refractivity (Wildman–Crippen MR) is 107 cm³/mol. The molecule has 6 heteroatoms. The van der Waals surface area contributed by atoms with Gasteiger partial charge in [0, 0.05) is 44.4 Å². The first-order chi connectivity index (χ1) is 13.0. The highest BCUT2D eigenvalue weighted by Crippen LogP contribution is 2.16. The molecule has 3 rings (SSSR count). The highest BCUT2D eigenvalue weighted by Gasteiger charge is 2.17. The van der Waals surface area contributed by atoms with Crippen molar-refractivity contribution in [3.63, 3.8) is 0 Å². The fourth-order valence-electron chi connectivity index (χ4n) is 2.72. The van der Waals surface area contributed by atoms with Crippen molar-refractivity contribution >= 4 is 17.5 Å². The maximum atomic E-state index is 12.9. The highest BCUT2D eigenvalue weighted by atomic mass is 16.2. The molecule has 0 aliphatic heterocycles. The maximum Gasteiger partial charge on any atom is 0.276 e. The number of aromatic nitrogens is 3. The molecule has 0 aliphatic rings. The van der Waals surface area contributed by atoms with E-state index in [9.17, 15) is 4.79 Å². The van der Waals surface area contributed by atoms with Crippen LogP contribution in [0.15, 0.2) is 60.9 Å². The van der Waals surface area contributed by atoms with E-state index < -0.39 is 0 Å². The van der Waals surface area contributed by atoms with Crippen molar-refractivity contribution in [2.45, 2.75) is 13.3 Å². The number of pyridine rings is 1. The minimum Gasteiger partial charge on any atom is -0.344 e. The molecule has 0 N–H and O–H groups in total. The van der Waals surface area contributed by atoms with Gasteiger partial charge in [-0.3, -0.25) is 9.78 Å². The fraction of sp³-hybridized carbons (Fsp3) is 0.238. The van der Waals surface area contributed by atoms with Crippen molar-refractivity contribution in [2.75, 3.05) is 30.4 Å². The molecule has 2 heterocycles. The van der Waals surface area contributed by atoms with E-state index in [1.54, 1.807) is 30.4 Å². The molecule has 138 valence electrons. The van der Waals surface area contributed by atoms with Gasteiger partial charge in [0.05, 0.1) is 0 Å². The van der Waals surface area contributed by atoms with Crippen molar-refractivity contribution in [3.8, 4) is 0 Å². The van der Waals surface area contributed by atoms with E-state index in [1.807, 2.05) is 61.3 Å². The molecular formula is C21H23N5O. The Morgan fingerprint density at radius 2 is 1.70 bits per heavy atom. The van der Waals surface area contributed by atoms with E-state index in [0.29, 0.717) is 11.6 Å². The average Bonchev–Trinajstić information content (AvgIpc) is 2.71. The van der Waals surface area contributed by atoms with Gasteiger partial charge in [0.15, 0.2) is 0 Å². The number of nitrogens with zero attached hydrogens (tertiary/aromatic N) is 5. The van der Waals surface area contributed by atoms with Crippen molar-refractivity contribution < 1.29 is 4.79 Å². The first-order valence-corrected chi connectivity index (χ1v) is 8.83. The van der Waals surface area contributed by atoms with Crippen LogP contribution in [0.5, 0.6) is 0 Å². The van der Waals surface area contributed by atoms with E-state index in [0.717, 1.165) is 24.3 Å². The first-order valence-electron chi connectivity index (χ1n) is 8.83. The summed E-state index contributed by atoms with van der Waals surface area (Å²) < 4.78 is 0. The lowest BCUT2D eigenvalue weighted by Gasteiger charge is -2.20. The number of hydrogen-bond donors (Lipinski definition) is 0. The van der Waals surface area contributed by atoms with Gasteiger partial charge >= 0.3 is 0 Å². The molecule has 0 atom stereocenters. The Labute approximate surface area is 159 Å². The molecule has 0 bridgehead atoms. The second-order valence-corrected chi connectivity index (χ2v) is 6.42. The lowest BCUT2D eigenvalue weighted by molar-refractivity contribution is 0.0988. The number of likely N-dealkylation sites (N-methyl/N-ethyl adjacent to an activating group) is 1. The van der Waals surface area contributed by atoms with Gasteiger partial charge in [-0.2, -0.15) is 0 Å². The quantitative estimate of drug-likeness (QED) is 0.675. The van der Waals surface area contributed by atoms with Gasteiger partial charge in [0.2, 0.25) is 5.95 Å². The average molecular weight is 361 g/mol. The van der Waals surface area contributed by atoms with Gasteiger partial charge in [-0.15, -0.1) is 0 Å². The molecule has 0 aliphatic carbocycles. The lowest BCUT2D eigenvalue weighted by Crippen LogP contribution is -2.29. The van der Waals surface area contributed by atoms with E-state index in [2.05, 4.69) is 15.0 Å². The summed E-state index contributed by atoms with van der Waals surface area (Å²) in [6, 6.07) is 15.2. The lowest BCUT2D eigenvalue weighted by atomic mass is 10.2. The molecule has 1 aromatic carbocycles. The van der Waals surface area contributed by atoms with Gasteiger partial charge in [-0.25, -0.2) is 9.97 Å². The molecule has 2 aromatic heterocycles. The van der Waals surface area contributed by atoms with Gasteiger partial charge in [0.25, 0.3) is 5.91 Å². The Balaban J connectivity index is 1.76. The standard InChI is InChI=1S/C21H23N5O/c1-16-15-19(20(27)26(3)18-7-5-4-6-8-18)24-21(23-16)25(2)14-11-17-9-12-22-13-10-17/h4-10,12-13,15H,11,14H2,1-3H3. The molecule has 6 nitrogen and oxygen atoms in total. The van der Waals surface area contributed by atoms with Gasteiger partial charge in [-0.1, -0.05) is 18.2 Å². The Bertz CT molecular complexity index is 899. The van der Waals surface area contributed by atoms with Crippen molar-refractivity contribution in [2.24, 2.45) is 0 Å². The second kappa shape index (κ2) is 8.40. The summed E-state index contributed by atoms with van der Waals surface area (Å²) in [6.07, 6.45) is 4.42. The summed E-state index contributed by atoms with van der Waals surface area (Å²) in [5.74, 6) is 0.393. The number of carbonyl (C=O) groups excluding carboxylic acids is 1. The molecule has 27 heavy (non-hydrogen) atoms. The third-order valence-corrected chi connectivity index (χ3v) is 4.34. The molecule has 0 saturated heterocycles. The van der Waals surface area contributed by atoms with Crippen LogP contribution in [0.1, 0.15) is 21.7 Å². The second-order valence-electron chi connectivity index (χ2n) is 6.42. The van der Waals surface area contributed by atoms with Gasteiger partial charge < -0.3 is 9.80 Å². The van der Waals surface area contributed by atoms with Crippen LogP contribution in [0.3, 0.4) is 0 Å². The molecule has 0 unspecified atom stereocenters. The van der Waals surface area contributed by atoms with Crippen molar-refractivity contribution in [1.29, 1.82) is 0 Å². The number of amides is 1. The third kappa shape index (κ3) is 4.67. The van der Waals surface area contributed by atoms with Crippen LogP contribution in [0.25, 0.3) is 0 Å². The number of carbonyl (C=O) groups is 1. The van der Waals surface area contributed by atoms with E-state index in [4.69, 9.17) is 0 Å². The smallest absolute Gasteiger partial charge is 0.276 e. The Morgan fingerprint density at radius 1 is 1.00 bits per heavy atom.